The van der Waals surface area contributed by atoms with Crippen LogP contribution < -0.4 is 0 Å². The Kier molecular flexibility index (Phi) is 51.8. The molecule has 2 aromatic carbocycles. The first kappa shape index (κ1) is 74.9. The average Bonchev–Trinajstić information content (AvgIpc) is 3.76. The van der Waals surface area contributed by atoms with E-state index in [0.717, 1.165) is 69.2 Å². The molecule has 0 fully saturated rings. The number of hydrogen-bond donors (Lipinski definition) is 2. The Morgan fingerprint density at radius 2 is 0.558 bits per heavy atom. The van der Waals surface area contributed by atoms with Crippen molar-refractivity contribution >= 4 is 11.4 Å². The molecule has 1 aliphatic heterocycles. The molecule has 1 aliphatic rings. The number of aliphatic hydroxyl groups is 2. The fourth-order valence-corrected chi connectivity index (χ4v) is 11.2. The molecule has 448 valence electrons. The summed E-state index contributed by atoms with van der Waals surface area (Å²) in [7, 11) is 0. The minimum absolute atomic E-state index is 0. The molecule has 0 saturated carbocycles. The Balaban J connectivity index is 0.00000478. The summed E-state index contributed by atoms with van der Waals surface area (Å²) in [6.45, 7) is 21.1. The maximum absolute atomic E-state index is 12.8. The van der Waals surface area contributed by atoms with E-state index in [2.05, 4.69) is 92.7 Å². The molecule has 0 unspecified atom stereocenters. The van der Waals surface area contributed by atoms with Gasteiger partial charge in [-0.15, -0.1) is 0 Å². The number of aliphatic hydroxyl groups excluding tert-OH is 2. The number of rotatable bonds is 47. The predicted octanol–water partition coefficient (Wildman–Crippen LogP) is 23.1. The zero-order valence-corrected chi connectivity index (χ0v) is 53.7. The van der Waals surface area contributed by atoms with Crippen LogP contribution in [-0.4, -0.2) is 28.1 Å². The van der Waals surface area contributed by atoms with Gasteiger partial charge in [-0.2, -0.15) is 0 Å². The van der Waals surface area contributed by atoms with Crippen LogP contribution in [0.2, 0.25) is 0 Å². The number of unbranched alkanes of at least 4 members (excludes halogenated alkanes) is 29. The van der Waals surface area contributed by atoms with Gasteiger partial charge in [-0.3, -0.25) is 0 Å². The van der Waals surface area contributed by atoms with Crippen LogP contribution in [0.3, 0.4) is 0 Å². The molecule has 0 aromatic heterocycles. The molecule has 0 atom stereocenters. The van der Waals surface area contributed by atoms with Crippen LogP contribution in [-0.2, 0) is 55.0 Å². The van der Waals surface area contributed by atoms with Crippen LogP contribution in [0.15, 0.2) is 35.9 Å². The zero-order valence-electron chi connectivity index (χ0n) is 52.7. The Hall–Kier alpha value is -2.07. The summed E-state index contributed by atoms with van der Waals surface area (Å²) in [5.41, 5.74) is 28.2. The van der Waals surface area contributed by atoms with Gasteiger partial charge in [0.25, 0.3) is 0 Å². The van der Waals surface area contributed by atoms with Gasteiger partial charge in [-0.05, 0) is 160 Å². The van der Waals surface area contributed by atoms with Gasteiger partial charge >= 0.3 is 0 Å². The normalized spacial score (nSPS) is 12.1. The second-order valence-corrected chi connectivity index (χ2v) is 23.2. The van der Waals surface area contributed by atoms with E-state index in [1.54, 1.807) is 38.1 Å². The number of nitrogens with zero attached hydrogens (tertiary/aromatic N) is 2. The van der Waals surface area contributed by atoms with E-state index in [0.29, 0.717) is 13.2 Å². The van der Waals surface area contributed by atoms with E-state index >= 15 is 0 Å². The Labute approximate surface area is 490 Å². The largest absolute Gasteiger partial charge is 0.493 e. The third-order valence-corrected chi connectivity index (χ3v) is 16.1. The van der Waals surface area contributed by atoms with Gasteiger partial charge < -0.3 is 15.7 Å². The van der Waals surface area contributed by atoms with Gasteiger partial charge in [0.15, 0.2) is 0 Å². The summed E-state index contributed by atoms with van der Waals surface area (Å²) in [5, 5.41) is 16.1. The van der Waals surface area contributed by atoms with Crippen LogP contribution in [0.1, 0.15) is 357 Å². The summed E-state index contributed by atoms with van der Waals surface area (Å²) in [6.07, 6.45) is 59.6. The van der Waals surface area contributed by atoms with Gasteiger partial charge in [0.1, 0.15) is 0 Å². The fraction of sp³-hybridized carbons (Fsp3) is 0.778. The smallest absolute Gasteiger partial charge is 0.210 e. The van der Waals surface area contributed by atoms with Crippen LogP contribution >= 0.6 is 0 Å². The molecular formula is C72H128N2NiO2. The molecule has 0 amide bonds. The summed E-state index contributed by atoms with van der Waals surface area (Å²) in [5.74, 6) is 0. The van der Waals surface area contributed by atoms with Gasteiger partial charge in [-0.1, -0.05) is 249 Å². The molecule has 0 aliphatic carbocycles. The maximum atomic E-state index is 12.8. The number of benzene rings is 2. The van der Waals surface area contributed by atoms with E-state index in [4.69, 9.17) is 10.2 Å². The van der Waals surface area contributed by atoms with Gasteiger partial charge in [-0.25, -0.2) is 4.70 Å². The topological polar surface area (TPSA) is 65.8 Å². The van der Waals surface area contributed by atoms with Crippen molar-refractivity contribution in [3.63, 3.8) is 0 Å². The first-order valence-corrected chi connectivity index (χ1v) is 33.8. The molecule has 0 spiro atoms. The van der Waals surface area contributed by atoms with Gasteiger partial charge in [0.2, 0.25) is 11.4 Å². The Bertz CT molecular complexity index is 1690. The molecule has 4 nitrogen and oxygen atoms in total. The first-order chi connectivity index (χ1) is 37.3. The molecule has 0 saturated heterocycles. The molecule has 0 radical (unpaired) electrons. The molecule has 3 rings (SSSR count). The van der Waals surface area contributed by atoms with Crippen molar-refractivity contribution in [3.05, 3.63) is 86.0 Å². The Morgan fingerprint density at radius 3 is 0.844 bits per heavy atom. The molecule has 77 heavy (non-hydrogen) atoms. The maximum Gasteiger partial charge on any atom is 0.210 e. The predicted molar refractivity (Wildman–Crippen MR) is 339 cm³/mol. The van der Waals surface area contributed by atoms with E-state index in [1.807, 2.05) is 0 Å². The summed E-state index contributed by atoms with van der Waals surface area (Å²) >= 11 is 0. The summed E-state index contributed by atoms with van der Waals surface area (Å²) < 4.78 is 1.68. The standard InChI is InChI=1S/C64H108N2.2C4H10O.Ni/c1-8-15-22-23-24-25-26-27-28-29-30-31-32-33-34-41-46-58-53-63(59-49-54(42-35-16-9-2)61(47-39-20-13-6)55(50-59)43-36-17-10-3)66(65)64(58)60-51-56(44-37-18-11-4)62(48-40-21-14-7)57(52-60)45-38-19-12-5;2*1-2-3-4-5;/h49-53H,8-48H2,1-7H3;2*5H,2-4H2,1H3;. The minimum atomic E-state index is 0. The second-order valence-electron chi connectivity index (χ2n) is 23.2. The van der Waals surface area contributed by atoms with Crippen molar-refractivity contribution in [1.82, 2.24) is 0 Å². The number of hydrogen-bond acceptors (Lipinski definition) is 2. The second kappa shape index (κ2) is 53.3. The summed E-state index contributed by atoms with van der Waals surface area (Å²) in [4.78, 5) is 0. The molecule has 1 heterocycles. The fourth-order valence-electron chi connectivity index (χ4n) is 11.2. The van der Waals surface area contributed by atoms with Crippen molar-refractivity contribution in [2.45, 2.75) is 351 Å². The Morgan fingerprint density at radius 1 is 0.312 bits per heavy atom. The SMILES string of the molecule is CCCCCCCCCCCCCCCCCCC1=C(c2cc(CCCCC)c(CCCCC)c(CCCCC)c2)[N+](=[N-])C(c2cc(CCCCC)c(CCCCC)c(CCCCC)c2)=C1.CCCCO.CCCCO.[Ni]. The molecule has 5 heteroatoms. The van der Waals surface area contributed by atoms with Crippen LogP contribution in [0, 0.1) is 0 Å². The molecule has 0 bridgehead atoms. The summed E-state index contributed by atoms with van der Waals surface area (Å²) in [6, 6.07) is 10.1. The monoisotopic (exact) mass is 1110 g/mol. The first-order valence-electron chi connectivity index (χ1n) is 33.8. The molecule has 2 N–H and O–H groups in total. The van der Waals surface area contributed by atoms with E-state index in [-0.39, 0.29) is 16.5 Å². The number of aryl methyl sites for hydroxylation is 4. The van der Waals surface area contributed by atoms with Crippen molar-refractivity contribution in [3.8, 4) is 0 Å². The molecule has 2 aromatic rings. The van der Waals surface area contributed by atoms with Crippen molar-refractivity contribution in [2.75, 3.05) is 13.2 Å². The van der Waals surface area contributed by atoms with Gasteiger partial charge in [0.05, 0.1) is 0 Å². The van der Waals surface area contributed by atoms with Crippen molar-refractivity contribution in [2.24, 2.45) is 0 Å². The number of allylic oxidation sites excluding steroid dienone is 2. The van der Waals surface area contributed by atoms with Crippen LogP contribution in [0.5, 0.6) is 0 Å². The van der Waals surface area contributed by atoms with Crippen molar-refractivity contribution < 1.29 is 31.4 Å². The van der Waals surface area contributed by atoms with E-state index < -0.39 is 0 Å². The zero-order chi connectivity index (χ0) is 55.7. The average molecular weight is 1110 g/mol. The third-order valence-electron chi connectivity index (χ3n) is 16.1. The van der Waals surface area contributed by atoms with Crippen molar-refractivity contribution in [1.29, 1.82) is 0 Å². The van der Waals surface area contributed by atoms with Crippen LogP contribution in [0.4, 0.5) is 0 Å². The quantitative estimate of drug-likeness (QED) is 0.0394. The minimum Gasteiger partial charge on any atom is -0.493 e. The van der Waals surface area contributed by atoms with E-state index in [1.165, 1.54) is 248 Å². The third kappa shape index (κ3) is 34.1. The van der Waals surface area contributed by atoms with Crippen LogP contribution in [0.25, 0.3) is 16.9 Å². The van der Waals surface area contributed by atoms with Gasteiger partial charge in [0, 0.05) is 52.5 Å². The van der Waals surface area contributed by atoms with E-state index in [9.17, 15) is 5.53 Å². The molecular weight excluding hydrogens is 983 g/mol.